The number of hydrogen-bond acceptors (Lipinski definition) is 6. The lowest BCUT2D eigenvalue weighted by Crippen LogP contribution is -2.31. The number of carbonyl (C=O) groups is 1. The highest BCUT2D eigenvalue weighted by molar-refractivity contribution is 7.89. The van der Waals surface area contributed by atoms with Crippen LogP contribution in [0.15, 0.2) is 52.2 Å². The first-order valence-corrected chi connectivity index (χ1v) is 11.7. The van der Waals surface area contributed by atoms with Crippen LogP contribution in [-0.2, 0) is 17.1 Å². The molecule has 0 spiro atoms. The second kappa shape index (κ2) is 9.49. The highest BCUT2D eigenvalue weighted by Crippen LogP contribution is 2.30. The second-order valence-electron chi connectivity index (χ2n) is 6.96. The number of sulfonamides is 1. The van der Waals surface area contributed by atoms with Crippen LogP contribution in [0.1, 0.15) is 31.3 Å². The number of benzene rings is 2. The molecular weight excluding hydrogens is 432 g/mol. The van der Waals surface area contributed by atoms with Gasteiger partial charge in [-0.15, -0.1) is 0 Å². The normalized spacial score (nSPS) is 11.7. The molecule has 1 aromatic heterocycles. The fraction of sp³-hybridized carbons (Fsp3) is 0.318. The summed E-state index contributed by atoms with van der Waals surface area (Å²) in [4.78, 5) is 25.3. The van der Waals surface area contributed by atoms with Crippen molar-refractivity contribution in [3.63, 3.8) is 0 Å². The van der Waals surface area contributed by atoms with E-state index in [0.29, 0.717) is 30.5 Å². The maximum atomic E-state index is 13.1. The summed E-state index contributed by atoms with van der Waals surface area (Å²) in [6.45, 7) is 6.16. The quantitative estimate of drug-likeness (QED) is 0.556. The van der Waals surface area contributed by atoms with Crippen molar-refractivity contribution in [2.45, 2.75) is 25.7 Å². The van der Waals surface area contributed by atoms with E-state index in [1.165, 1.54) is 23.5 Å². The standard InChI is InChI=1S/C22H26N4O5S/c1-5-26(6-2)32(29,30)19-14-15(12-13-18(19)31-7-3)23-21(27)20-16-10-8-9-11-17(16)22(28)25(4)24-20/h8-14H,5-7H2,1-4H3,(H,23,27). The third-order valence-electron chi connectivity index (χ3n) is 5.00. The van der Waals surface area contributed by atoms with Gasteiger partial charge in [-0.3, -0.25) is 9.59 Å². The maximum Gasteiger partial charge on any atom is 0.276 e. The van der Waals surface area contributed by atoms with Crippen molar-refractivity contribution in [1.29, 1.82) is 0 Å². The van der Waals surface area contributed by atoms with Crippen molar-refractivity contribution in [1.82, 2.24) is 14.1 Å². The van der Waals surface area contributed by atoms with Gasteiger partial charge in [0, 0.05) is 31.2 Å². The van der Waals surface area contributed by atoms with E-state index in [0.717, 1.165) is 4.68 Å². The number of aromatic nitrogens is 2. The lowest BCUT2D eigenvalue weighted by Gasteiger charge is -2.21. The van der Waals surface area contributed by atoms with Gasteiger partial charge in [0.15, 0.2) is 5.69 Å². The van der Waals surface area contributed by atoms with Gasteiger partial charge in [0.1, 0.15) is 10.6 Å². The van der Waals surface area contributed by atoms with E-state index >= 15 is 0 Å². The van der Waals surface area contributed by atoms with E-state index in [2.05, 4.69) is 10.4 Å². The Hall–Kier alpha value is -3.24. The van der Waals surface area contributed by atoms with Crippen LogP contribution >= 0.6 is 0 Å². The monoisotopic (exact) mass is 458 g/mol. The number of rotatable bonds is 8. The molecule has 170 valence electrons. The Balaban J connectivity index is 2.06. The summed E-state index contributed by atoms with van der Waals surface area (Å²) in [6.07, 6.45) is 0. The van der Waals surface area contributed by atoms with Crippen LogP contribution in [0, 0.1) is 0 Å². The zero-order valence-corrected chi connectivity index (χ0v) is 19.3. The number of carbonyl (C=O) groups excluding carboxylic acids is 1. The van der Waals surface area contributed by atoms with E-state index < -0.39 is 15.9 Å². The Morgan fingerprint density at radius 1 is 1.09 bits per heavy atom. The number of ether oxygens (including phenoxy) is 1. The van der Waals surface area contributed by atoms with Gasteiger partial charge in [-0.25, -0.2) is 13.1 Å². The molecule has 3 rings (SSSR count). The molecule has 0 aliphatic rings. The van der Waals surface area contributed by atoms with Crippen molar-refractivity contribution in [2.24, 2.45) is 7.05 Å². The zero-order chi connectivity index (χ0) is 23.5. The van der Waals surface area contributed by atoms with Crippen LogP contribution in [0.25, 0.3) is 10.8 Å². The van der Waals surface area contributed by atoms with E-state index in [-0.39, 0.29) is 27.6 Å². The van der Waals surface area contributed by atoms with Gasteiger partial charge in [-0.2, -0.15) is 9.40 Å². The third kappa shape index (κ3) is 4.37. The largest absolute Gasteiger partial charge is 0.492 e. The van der Waals surface area contributed by atoms with E-state index in [4.69, 9.17) is 4.74 Å². The minimum absolute atomic E-state index is 0.0286. The summed E-state index contributed by atoms with van der Waals surface area (Å²) >= 11 is 0. The number of aryl methyl sites for hydroxylation is 1. The highest BCUT2D eigenvalue weighted by Gasteiger charge is 2.26. The summed E-state index contributed by atoms with van der Waals surface area (Å²) in [5.41, 5.74) is 0.0134. The molecule has 0 radical (unpaired) electrons. The number of nitrogens with zero attached hydrogens (tertiary/aromatic N) is 3. The van der Waals surface area contributed by atoms with Crippen molar-refractivity contribution in [3.05, 3.63) is 58.5 Å². The number of fused-ring (bicyclic) bond motifs is 1. The fourth-order valence-corrected chi connectivity index (χ4v) is 5.04. The topological polar surface area (TPSA) is 111 Å². The van der Waals surface area contributed by atoms with Crippen LogP contribution in [0.3, 0.4) is 0 Å². The second-order valence-corrected chi connectivity index (χ2v) is 8.87. The minimum atomic E-state index is -3.83. The van der Waals surface area contributed by atoms with Crippen molar-refractivity contribution >= 4 is 32.4 Å². The molecule has 1 heterocycles. The molecule has 2 aromatic carbocycles. The van der Waals surface area contributed by atoms with Crippen LogP contribution in [0.4, 0.5) is 5.69 Å². The smallest absolute Gasteiger partial charge is 0.276 e. The summed E-state index contributed by atoms with van der Waals surface area (Å²) in [5.74, 6) is -0.352. The van der Waals surface area contributed by atoms with Gasteiger partial charge in [0.25, 0.3) is 11.5 Å². The van der Waals surface area contributed by atoms with Gasteiger partial charge < -0.3 is 10.1 Å². The van der Waals surface area contributed by atoms with Crippen molar-refractivity contribution in [3.8, 4) is 5.75 Å². The van der Waals surface area contributed by atoms with Crippen molar-refractivity contribution in [2.75, 3.05) is 25.0 Å². The molecule has 0 atom stereocenters. The van der Waals surface area contributed by atoms with Crippen LogP contribution < -0.4 is 15.6 Å². The average Bonchev–Trinajstić information content (AvgIpc) is 2.78. The summed E-state index contributed by atoms with van der Waals surface area (Å²) < 4.78 is 34.2. The van der Waals surface area contributed by atoms with Gasteiger partial charge in [0.2, 0.25) is 10.0 Å². The number of amides is 1. The first kappa shape index (κ1) is 23.4. The molecule has 0 aliphatic heterocycles. The number of anilines is 1. The lowest BCUT2D eigenvalue weighted by atomic mass is 10.1. The lowest BCUT2D eigenvalue weighted by molar-refractivity contribution is 0.102. The van der Waals surface area contributed by atoms with E-state index in [1.54, 1.807) is 51.1 Å². The van der Waals surface area contributed by atoms with E-state index in [9.17, 15) is 18.0 Å². The molecule has 1 amide bonds. The maximum absolute atomic E-state index is 13.1. The van der Waals surface area contributed by atoms with Crippen LogP contribution in [0.5, 0.6) is 5.75 Å². The first-order valence-electron chi connectivity index (χ1n) is 10.3. The highest BCUT2D eigenvalue weighted by atomic mass is 32.2. The molecule has 0 saturated carbocycles. The predicted molar refractivity (Wildman–Crippen MR) is 123 cm³/mol. The number of nitrogens with one attached hydrogen (secondary N) is 1. The summed E-state index contributed by atoms with van der Waals surface area (Å²) in [7, 11) is -2.36. The summed E-state index contributed by atoms with van der Waals surface area (Å²) in [5, 5.41) is 7.59. The molecule has 0 bridgehead atoms. The SMILES string of the molecule is CCOc1ccc(NC(=O)c2nn(C)c(=O)c3ccccc23)cc1S(=O)(=O)N(CC)CC. The molecule has 0 saturated heterocycles. The van der Waals surface area contributed by atoms with Gasteiger partial charge in [-0.1, -0.05) is 32.0 Å². The number of hydrogen-bond donors (Lipinski definition) is 1. The van der Waals surface area contributed by atoms with Gasteiger partial charge >= 0.3 is 0 Å². The van der Waals surface area contributed by atoms with Crippen LogP contribution in [0.2, 0.25) is 0 Å². The molecule has 0 aliphatic carbocycles. The molecule has 10 heteroatoms. The Bertz CT molecular complexity index is 1310. The average molecular weight is 459 g/mol. The van der Waals surface area contributed by atoms with Gasteiger partial charge in [0.05, 0.1) is 12.0 Å². The molecule has 9 nitrogen and oxygen atoms in total. The Labute approximate surface area is 186 Å². The molecule has 0 unspecified atom stereocenters. The Morgan fingerprint density at radius 3 is 2.38 bits per heavy atom. The Morgan fingerprint density at radius 2 is 1.75 bits per heavy atom. The molecular formula is C22H26N4O5S. The molecule has 32 heavy (non-hydrogen) atoms. The zero-order valence-electron chi connectivity index (χ0n) is 18.5. The summed E-state index contributed by atoms with van der Waals surface area (Å²) in [6, 6.07) is 11.2. The van der Waals surface area contributed by atoms with Gasteiger partial charge in [-0.05, 0) is 31.2 Å². The third-order valence-corrected chi connectivity index (χ3v) is 7.07. The van der Waals surface area contributed by atoms with Crippen LogP contribution in [-0.4, -0.2) is 48.1 Å². The molecule has 0 fully saturated rings. The van der Waals surface area contributed by atoms with Crippen molar-refractivity contribution < 1.29 is 17.9 Å². The Kier molecular flexibility index (Phi) is 6.95. The minimum Gasteiger partial charge on any atom is -0.492 e. The fourth-order valence-electron chi connectivity index (χ4n) is 3.42. The molecule has 3 aromatic rings. The molecule has 1 N–H and O–H groups in total. The van der Waals surface area contributed by atoms with E-state index in [1.807, 2.05) is 0 Å². The predicted octanol–water partition coefficient (Wildman–Crippen LogP) is 2.62. The first-order chi connectivity index (χ1) is 15.2.